The minimum absolute atomic E-state index is 0.650. The Morgan fingerprint density at radius 3 is 2.86 bits per heavy atom. The molecular formula is C10H10N2O2. The van der Waals surface area contributed by atoms with Crippen LogP contribution in [0.5, 0.6) is 0 Å². The third kappa shape index (κ3) is 1.16. The first-order chi connectivity index (χ1) is 6.74. The van der Waals surface area contributed by atoms with Gasteiger partial charge in [0.1, 0.15) is 0 Å². The van der Waals surface area contributed by atoms with Crippen molar-refractivity contribution in [2.75, 3.05) is 0 Å². The zero-order valence-corrected chi connectivity index (χ0v) is 7.77. The van der Waals surface area contributed by atoms with Crippen LogP contribution in [0.25, 0.3) is 10.9 Å². The number of aromatic nitrogens is 2. The van der Waals surface area contributed by atoms with E-state index in [2.05, 4.69) is 5.10 Å². The zero-order chi connectivity index (χ0) is 10.1. The van der Waals surface area contributed by atoms with Crippen molar-refractivity contribution in [3.8, 4) is 0 Å². The normalized spacial score (nSPS) is 10.6. The fourth-order valence-corrected chi connectivity index (χ4v) is 1.54. The summed E-state index contributed by atoms with van der Waals surface area (Å²) < 4.78 is 1.02. The SMILES string of the molecule is CCc1nn(C(=O)O)c2ccccc12. The molecule has 72 valence electrons. The first kappa shape index (κ1) is 8.74. The van der Waals surface area contributed by atoms with Crippen molar-refractivity contribution in [1.82, 2.24) is 9.78 Å². The molecule has 0 aliphatic heterocycles. The first-order valence-electron chi connectivity index (χ1n) is 4.44. The topological polar surface area (TPSA) is 55.1 Å². The van der Waals surface area contributed by atoms with Gasteiger partial charge in [0.2, 0.25) is 0 Å². The van der Waals surface area contributed by atoms with Crippen molar-refractivity contribution in [2.45, 2.75) is 13.3 Å². The molecule has 0 aliphatic carbocycles. The molecular weight excluding hydrogens is 180 g/mol. The molecule has 4 heteroatoms. The van der Waals surface area contributed by atoms with Gasteiger partial charge < -0.3 is 5.11 Å². The molecule has 2 aromatic rings. The molecule has 1 aromatic heterocycles. The van der Waals surface area contributed by atoms with Crippen molar-refractivity contribution >= 4 is 17.0 Å². The molecule has 0 saturated heterocycles. The molecule has 0 amide bonds. The van der Waals surface area contributed by atoms with E-state index in [1.165, 1.54) is 0 Å². The van der Waals surface area contributed by atoms with Crippen LogP contribution in [0.1, 0.15) is 12.6 Å². The molecule has 1 N–H and O–H groups in total. The van der Waals surface area contributed by atoms with Crippen LogP contribution in [0.4, 0.5) is 4.79 Å². The molecule has 0 aliphatic rings. The number of fused-ring (bicyclic) bond motifs is 1. The van der Waals surface area contributed by atoms with E-state index in [0.717, 1.165) is 22.2 Å². The van der Waals surface area contributed by atoms with Gasteiger partial charge in [0, 0.05) is 5.39 Å². The average Bonchev–Trinajstić information content (AvgIpc) is 2.56. The van der Waals surface area contributed by atoms with E-state index in [1.807, 2.05) is 25.1 Å². The average molecular weight is 190 g/mol. The number of nitrogens with zero attached hydrogens (tertiary/aromatic N) is 2. The highest BCUT2D eigenvalue weighted by Gasteiger charge is 2.12. The van der Waals surface area contributed by atoms with E-state index in [4.69, 9.17) is 5.11 Å². The van der Waals surface area contributed by atoms with Crippen LogP contribution in [0.3, 0.4) is 0 Å². The molecule has 0 bridgehead atoms. The number of hydrogen-bond acceptors (Lipinski definition) is 2. The zero-order valence-electron chi connectivity index (χ0n) is 7.77. The second-order valence-electron chi connectivity index (χ2n) is 3.01. The molecule has 14 heavy (non-hydrogen) atoms. The lowest BCUT2D eigenvalue weighted by atomic mass is 10.2. The smallest absolute Gasteiger partial charge is 0.432 e. The molecule has 4 nitrogen and oxygen atoms in total. The van der Waals surface area contributed by atoms with Crippen LogP contribution < -0.4 is 0 Å². The molecule has 0 atom stereocenters. The van der Waals surface area contributed by atoms with Gasteiger partial charge in [-0.05, 0) is 12.5 Å². The van der Waals surface area contributed by atoms with Gasteiger partial charge in [-0.25, -0.2) is 4.79 Å². The highest BCUT2D eigenvalue weighted by atomic mass is 16.4. The number of benzene rings is 1. The summed E-state index contributed by atoms with van der Waals surface area (Å²) in [5.74, 6) is 0. The molecule has 0 saturated carbocycles. The molecule has 0 fully saturated rings. The fraction of sp³-hybridized carbons (Fsp3) is 0.200. The second-order valence-corrected chi connectivity index (χ2v) is 3.01. The Morgan fingerprint density at radius 1 is 1.50 bits per heavy atom. The molecule has 1 heterocycles. The summed E-state index contributed by atoms with van der Waals surface area (Å²) in [5.41, 5.74) is 1.47. The third-order valence-electron chi connectivity index (χ3n) is 2.18. The van der Waals surface area contributed by atoms with Gasteiger partial charge in [0.05, 0.1) is 11.2 Å². The Balaban J connectivity index is 2.80. The van der Waals surface area contributed by atoms with E-state index < -0.39 is 6.09 Å². The van der Waals surface area contributed by atoms with Gasteiger partial charge >= 0.3 is 6.09 Å². The Hall–Kier alpha value is -1.84. The lowest BCUT2D eigenvalue weighted by Crippen LogP contribution is -2.09. The standard InChI is InChI=1S/C10H10N2O2/c1-2-8-7-5-3-4-6-9(7)12(11-8)10(13)14/h3-6H,2H2,1H3,(H,13,14). The van der Waals surface area contributed by atoms with Gasteiger partial charge in [-0.2, -0.15) is 9.78 Å². The first-order valence-corrected chi connectivity index (χ1v) is 4.44. The molecule has 1 aromatic carbocycles. The lowest BCUT2D eigenvalue weighted by molar-refractivity contribution is 0.194. The van der Waals surface area contributed by atoms with Crippen LogP contribution in [0.15, 0.2) is 24.3 Å². The van der Waals surface area contributed by atoms with Crippen molar-refractivity contribution in [2.24, 2.45) is 0 Å². The summed E-state index contributed by atoms with van der Waals surface area (Å²) in [6, 6.07) is 7.34. The highest BCUT2D eigenvalue weighted by Crippen LogP contribution is 2.18. The van der Waals surface area contributed by atoms with Gasteiger partial charge in [-0.1, -0.05) is 25.1 Å². The maximum Gasteiger partial charge on any atom is 0.432 e. The Kier molecular flexibility index (Phi) is 1.96. The van der Waals surface area contributed by atoms with Gasteiger partial charge in [-0.15, -0.1) is 0 Å². The summed E-state index contributed by atoms with van der Waals surface area (Å²) in [4.78, 5) is 10.8. The van der Waals surface area contributed by atoms with E-state index in [1.54, 1.807) is 6.07 Å². The number of rotatable bonds is 1. The molecule has 2 rings (SSSR count). The Labute approximate surface area is 80.8 Å². The van der Waals surface area contributed by atoms with Crippen molar-refractivity contribution in [3.05, 3.63) is 30.0 Å². The predicted octanol–water partition coefficient (Wildman–Crippen LogP) is 2.12. The third-order valence-corrected chi connectivity index (χ3v) is 2.18. The summed E-state index contributed by atoms with van der Waals surface area (Å²) >= 11 is 0. The van der Waals surface area contributed by atoms with Gasteiger partial charge in [0.25, 0.3) is 0 Å². The van der Waals surface area contributed by atoms with Gasteiger partial charge in [-0.3, -0.25) is 0 Å². The van der Waals surface area contributed by atoms with Crippen molar-refractivity contribution in [3.63, 3.8) is 0 Å². The molecule has 0 unspecified atom stereocenters. The minimum atomic E-state index is -1.04. The Morgan fingerprint density at radius 2 is 2.21 bits per heavy atom. The highest BCUT2D eigenvalue weighted by molar-refractivity contribution is 5.89. The van der Waals surface area contributed by atoms with Crippen molar-refractivity contribution < 1.29 is 9.90 Å². The number of carboxylic acid groups (broad SMARTS) is 1. The minimum Gasteiger partial charge on any atom is -0.463 e. The maximum absolute atomic E-state index is 10.8. The largest absolute Gasteiger partial charge is 0.463 e. The van der Waals surface area contributed by atoms with Crippen LogP contribution in [-0.4, -0.2) is 21.0 Å². The lowest BCUT2D eigenvalue weighted by Gasteiger charge is -1.92. The predicted molar refractivity (Wildman–Crippen MR) is 52.5 cm³/mol. The number of aryl methyl sites for hydroxylation is 1. The quantitative estimate of drug-likeness (QED) is 0.749. The summed E-state index contributed by atoms with van der Waals surface area (Å²) in [5, 5.41) is 13.8. The van der Waals surface area contributed by atoms with Crippen LogP contribution in [0.2, 0.25) is 0 Å². The number of para-hydroxylation sites is 1. The Bertz CT molecular complexity index is 488. The van der Waals surface area contributed by atoms with Crippen molar-refractivity contribution in [1.29, 1.82) is 0 Å². The summed E-state index contributed by atoms with van der Waals surface area (Å²) in [6.07, 6.45) is -0.304. The van der Waals surface area contributed by atoms with Crippen LogP contribution in [-0.2, 0) is 6.42 Å². The monoisotopic (exact) mass is 190 g/mol. The maximum atomic E-state index is 10.8. The number of carbonyl (C=O) groups is 1. The van der Waals surface area contributed by atoms with E-state index in [-0.39, 0.29) is 0 Å². The molecule has 0 radical (unpaired) electrons. The van der Waals surface area contributed by atoms with E-state index in [0.29, 0.717) is 5.52 Å². The summed E-state index contributed by atoms with van der Waals surface area (Å²) in [6.45, 7) is 1.96. The van der Waals surface area contributed by atoms with Crippen LogP contribution in [0, 0.1) is 0 Å². The molecule has 0 spiro atoms. The van der Waals surface area contributed by atoms with Crippen LogP contribution >= 0.6 is 0 Å². The fourth-order valence-electron chi connectivity index (χ4n) is 1.54. The van der Waals surface area contributed by atoms with E-state index >= 15 is 0 Å². The number of hydrogen-bond donors (Lipinski definition) is 1. The van der Waals surface area contributed by atoms with E-state index in [9.17, 15) is 4.79 Å². The summed E-state index contributed by atoms with van der Waals surface area (Å²) in [7, 11) is 0. The second kappa shape index (κ2) is 3.14. The van der Waals surface area contributed by atoms with Gasteiger partial charge in [0.15, 0.2) is 0 Å².